The van der Waals surface area contributed by atoms with Crippen LogP contribution in [0.15, 0.2) is 0 Å². The number of hydrogen-bond donors (Lipinski definition) is 2. The second-order valence-corrected chi connectivity index (χ2v) is 7.16. The predicted octanol–water partition coefficient (Wildman–Crippen LogP) is 3.12. The normalized spacial score (nSPS) is 26.8. The second kappa shape index (κ2) is 8.14. The van der Waals surface area contributed by atoms with Gasteiger partial charge in [-0.15, -0.1) is 0 Å². The van der Waals surface area contributed by atoms with Crippen molar-refractivity contribution in [2.45, 2.75) is 84.3 Å². The first kappa shape index (κ1) is 18.4. The van der Waals surface area contributed by atoms with Crippen LogP contribution in [0.1, 0.15) is 66.7 Å². The molecule has 0 aliphatic carbocycles. The van der Waals surface area contributed by atoms with Crippen molar-refractivity contribution in [3.05, 3.63) is 0 Å². The molecule has 1 saturated heterocycles. The van der Waals surface area contributed by atoms with E-state index in [1.807, 2.05) is 20.8 Å². The standard InChI is InChI=1S/C17H34N2O2/c1-6-17(16(20)21,18-13(2)3)9-7-10-19-11-8-14(4)12-15(19)5/h13-15,18H,6-12H2,1-5H3,(H,20,21). The molecule has 4 nitrogen and oxygen atoms in total. The quantitative estimate of drug-likeness (QED) is 0.723. The molecular weight excluding hydrogens is 264 g/mol. The number of aliphatic carboxylic acids is 1. The van der Waals surface area contributed by atoms with Crippen molar-refractivity contribution in [2.75, 3.05) is 13.1 Å². The lowest BCUT2D eigenvalue weighted by Crippen LogP contribution is -2.54. The minimum atomic E-state index is -0.763. The summed E-state index contributed by atoms with van der Waals surface area (Å²) in [4.78, 5) is 14.2. The average Bonchev–Trinajstić information content (AvgIpc) is 2.39. The average molecular weight is 298 g/mol. The maximum atomic E-state index is 11.7. The highest BCUT2D eigenvalue weighted by atomic mass is 16.4. The zero-order chi connectivity index (χ0) is 16.0. The molecule has 3 atom stereocenters. The van der Waals surface area contributed by atoms with E-state index in [4.69, 9.17) is 0 Å². The van der Waals surface area contributed by atoms with E-state index in [0.29, 0.717) is 18.9 Å². The lowest BCUT2D eigenvalue weighted by Gasteiger charge is -2.38. The number of carboxylic acids is 1. The van der Waals surface area contributed by atoms with Crippen LogP contribution in [0.4, 0.5) is 0 Å². The van der Waals surface area contributed by atoms with Crippen molar-refractivity contribution in [3.63, 3.8) is 0 Å². The number of carboxylic acid groups (broad SMARTS) is 1. The molecule has 1 aliphatic rings. The van der Waals surface area contributed by atoms with Crippen LogP contribution in [-0.2, 0) is 4.79 Å². The highest BCUT2D eigenvalue weighted by Crippen LogP contribution is 2.24. The highest BCUT2D eigenvalue weighted by Gasteiger charge is 2.36. The van der Waals surface area contributed by atoms with Gasteiger partial charge in [0, 0.05) is 12.1 Å². The van der Waals surface area contributed by atoms with Gasteiger partial charge in [-0.3, -0.25) is 10.1 Å². The predicted molar refractivity (Wildman–Crippen MR) is 87.6 cm³/mol. The summed E-state index contributed by atoms with van der Waals surface area (Å²) in [6, 6.07) is 0.823. The van der Waals surface area contributed by atoms with Gasteiger partial charge in [0.25, 0.3) is 0 Å². The van der Waals surface area contributed by atoms with Crippen LogP contribution in [0, 0.1) is 5.92 Å². The van der Waals surface area contributed by atoms with E-state index in [2.05, 4.69) is 24.1 Å². The smallest absolute Gasteiger partial charge is 0.323 e. The first-order chi connectivity index (χ1) is 9.80. The van der Waals surface area contributed by atoms with Crippen LogP contribution < -0.4 is 5.32 Å². The number of hydrogen-bond acceptors (Lipinski definition) is 3. The van der Waals surface area contributed by atoms with Gasteiger partial charge in [0.05, 0.1) is 0 Å². The van der Waals surface area contributed by atoms with Crippen LogP contribution in [0.5, 0.6) is 0 Å². The van der Waals surface area contributed by atoms with Crippen molar-refractivity contribution in [1.29, 1.82) is 0 Å². The van der Waals surface area contributed by atoms with E-state index in [1.54, 1.807) is 0 Å². The molecule has 3 unspecified atom stereocenters. The van der Waals surface area contributed by atoms with E-state index in [9.17, 15) is 9.90 Å². The van der Waals surface area contributed by atoms with Crippen molar-refractivity contribution in [2.24, 2.45) is 5.92 Å². The van der Waals surface area contributed by atoms with E-state index in [-0.39, 0.29) is 6.04 Å². The molecule has 1 aliphatic heterocycles. The molecule has 0 aromatic carbocycles. The molecule has 2 N–H and O–H groups in total. The molecule has 0 aromatic rings. The summed E-state index contributed by atoms with van der Waals surface area (Å²) in [5, 5.41) is 12.9. The molecule has 0 spiro atoms. The van der Waals surface area contributed by atoms with Crippen molar-refractivity contribution >= 4 is 5.97 Å². The number of piperidine rings is 1. The Bertz CT molecular complexity index is 333. The summed E-state index contributed by atoms with van der Waals surface area (Å²) >= 11 is 0. The van der Waals surface area contributed by atoms with Gasteiger partial charge in [-0.2, -0.15) is 0 Å². The Morgan fingerprint density at radius 1 is 1.43 bits per heavy atom. The minimum absolute atomic E-state index is 0.191. The Balaban J connectivity index is 2.52. The fourth-order valence-electron chi connectivity index (χ4n) is 3.60. The molecule has 124 valence electrons. The fourth-order valence-corrected chi connectivity index (χ4v) is 3.60. The molecule has 0 amide bonds. The number of rotatable bonds is 8. The molecule has 0 radical (unpaired) electrons. The second-order valence-electron chi connectivity index (χ2n) is 7.16. The monoisotopic (exact) mass is 298 g/mol. The van der Waals surface area contributed by atoms with Crippen molar-refractivity contribution in [3.8, 4) is 0 Å². The van der Waals surface area contributed by atoms with E-state index in [0.717, 1.165) is 25.4 Å². The highest BCUT2D eigenvalue weighted by molar-refractivity contribution is 5.78. The molecule has 0 bridgehead atoms. The SMILES string of the molecule is CCC(CCCN1CCC(C)CC1C)(NC(C)C)C(=O)O. The Morgan fingerprint density at radius 3 is 2.57 bits per heavy atom. The Kier molecular flexibility index (Phi) is 7.14. The van der Waals surface area contributed by atoms with Gasteiger partial charge in [0.2, 0.25) is 0 Å². The summed E-state index contributed by atoms with van der Waals surface area (Å²) in [6.07, 6.45) is 4.82. The summed E-state index contributed by atoms with van der Waals surface area (Å²) < 4.78 is 0. The largest absolute Gasteiger partial charge is 0.480 e. The zero-order valence-electron chi connectivity index (χ0n) is 14.5. The van der Waals surface area contributed by atoms with Crippen LogP contribution in [0.25, 0.3) is 0 Å². The summed E-state index contributed by atoms with van der Waals surface area (Å²) in [7, 11) is 0. The Labute approximate surface area is 130 Å². The number of nitrogens with one attached hydrogen (secondary N) is 1. The molecule has 0 saturated carbocycles. The molecular formula is C17H34N2O2. The van der Waals surface area contributed by atoms with E-state index >= 15 is 0 Å². The molecule has 1 heterocycles. The maximum Gasteiger partial charge on any atom is 0.323 e. The minimum Gasteiger partial charge on any atom is -0.480 e. The number of likely N-dealkylation sites (tertiary alicyclic amines) is 1. The third kappa shape index (κ3) is 5.26. The summed E-state index contributed by atoms with van der Waals surface area (Å²) in [6.45, 7) is 12.8. The van der Waals surface area contributed by atoms with Gasteiger partial charge >= 0.3 is 5.97 Å². The van der Waals surface area contributed by atoms with Crippen LogP contribution in [0.3, 0.4) is 0 Å². The third-order valence-corrected chi connectivity index (χ3v) is 4.90. The molecule has 21 heavy (non-hydrogen) atoms. The van der Waals surface area contributed by atoms with Crippen molar-refractivity contribution < 1.29 is 9.90 Å². The van der Waals surface area contributed by atoms with Crippen molar-refractivity contribution in [1.82, 2.24) is 10.2 Å². The molecule has 4 heteroatoms. The zero-order valence-corrected chi connectivity index (χ0v) is 14.5. The van der Waals surface area contributed by atoms with Gasteiger partial charge < -0.3 is 10.0 Å². The lowest BCUT2D eigenvalue weighted by molar-refractivity contribution is -0.146. The van der Waals surface area contributed by atoms with Gasteiger partial charge in [-0.05, 0) is 71.9 Å². The molecule has 1 rings (SSSR count). The van der Waals surface area contributed by atoms with Gasteiger partial charge in [0.15, 0.2) is 0 Å². The van der Waals surface area contributed by atoms with Crippen LogP contribution >= 0.6 is 0 Å². The fraction of sp³-hybridized carbons (Fsp3) is 0.941. The van der Waals surface area contributed by atoms with Gasteiger partial charge in [-0.1, -0.05) is 13.8 Å². The maximum absolute atomic E-state index is 11.7. The summed E-state index contributed by atoms with van der Waals surface area (Å²) in [5.74, 6) is 0.117. The third-order valence-electron chi connectivity index (χ3n) is 4.90. The van der Waals surface area contributed by atoms with E-state index < -0.39 is 11.5 Å². The van der Waals surface area contributed by atoms with Gasteiger partial charge in [-0.25, -0.2) is 0 Å². The topological polar surface area (TPSA) is 52.6 Å². The first-order valence-electron chi connectivity index (χ1n) is 8.56. The molecule has 1 fully saturated rings. The van der Waals surface area contributed by atoms with E-state index in [1.165, 1.54) is 12.8 Å². The van der Waals surface area contributed by atoms with Crippen LogP contribution in [-0.4, -0.2) is 46.7 Å². The van der Waals surface area contributed by atoms with Gasteiger partial charge in [0.1, 0.15) is 5.54 Å². The number of carbonyl (C=O) groups is 1. The Hall–Kier alpha value is -0.610. The van der Waals surface area contributed by atoms with Crippen LogP contribution in [0.2, 0.25) is 0 Å². The summed E-state index contributed by atoms with van der Waals surface area (Å²) in [5.41, 5.74) is -0.763. The lowest BCUT2D eigenvalue weighted by atomic mass is 9.88. The number of nitrogens with zero attached hydrogens (tertiary/aromatic N) is 1. The Morgan fingerprint density at radius 2 is 2.10 bits per heavy atom. The molecule has 0 aromatic heterocycles. The first-order valence-corrected chi connectivity index (χ1v) is 8.56.